The third-order valence-corrected chi connectivity index (χ3v) is 3.71. The lowest BCUT2D eigenvalue weighted by molar-refractivity contribution is -0.131. The van der Waals surface area contributed by atoms with E-state index in [0.717, 1.165) is 11.1 Å². The number of hydrogen-bond donors (Lipinski definition) is 1. The summed E-state index contributed by atoms with van der Waals surface area (Å²) in [4.78, 5) is 14.1. The Morgan fingerprint density at radius 3 is 2.39 bits per heavy atom. The number of benzene rings is 2. The zero-order valence-electron chi connectivity index (χ0n) is 13.5. The first-order valence-electron chi connectivity index (χ1n) is 7.96. The largest absolute Gasteiger partial charge is 0.339 e. The highest BCUT2D eigenvalue weighted by Gasteiger charge is 2.11. The van der Waals surface area contributed by atoms with Gasteiger partial charge in [-0.2, -0.15) is 0 Å². The molecule has 0 bridgehead atoms. The predicted octanol–water partition coefficient (Wildman–Crippen LogP) is 3.35. The van der Waals surface area contributed by atoms with Gasteiger partial charge in [-0.05, 0) is 30.2 Å². The van der Waals surface area contributed by atoms with Gasteiger partial charge in [0.1, 0.15) is 5.82 Å². The second-order valence-corrected chi connectivity index (χ2v) is 5.45. The molecule has 2 aromatic carbocycles. The van der Waals surface area contributed by atoms with Crippen molar-refractivity contribution in [2.45, 2.75) is 26.4 Å². The molecule has 1 N–H and O–H groups in total. The molecular weight excluding hydrogens is 291 g/mol. The van der Waals surface area contributed by atoms with Gasteiger partial charge in [0.25, 0.3) is 0 Å². The monoisotopic (exact) mass is 314 g/mol. The summed E-state index contributed by atoms with van der Waals surface area (Å²) in [6.07, 6.45) is 0.460. The van der Waals surface area contributed by atoms with Crippen LogP contribution in [0, 0.1) is 5.82 Å². The van der Waals surface area contributed by atoms with Crippen LogP contribution in [0.1, 0.15) is 24.5 Å². The number of nitrogens with one attached hydrogen (secondary N) is 1. The molecule has 122 valence electrons. The Balaban J connectivity index is 1.73. The smallest absolute Gasteiger partial charge is 0.224 e. The van der Waals surface area contributed by atoms with Gasteiger partial charge in [-0.3, -0.25) is 4.79 Å². The molecule has 0 aromatic heterocycles. The third-order valence-electron chi connectivity index (χ3n) is 3.71. The van der Waals surface area contributed by atoms with Gasteiger partial charge in [-0.1, -0.05) is 42.5 Å². The van der Waals surface area contributed by atoms with Gasteiger partial charge in [-0.15, -0.1) is 0 Å². The second kappa shape index (κ2) is 9.06. The van der Waals surface area contributed by atoms with E-state index < -0.39 is 0 Å². The molecule has 0 aliphatic heterocycles. The van der Waals surface area contributed by atoms with Gasteiger partial charge < -0.3 is 10.2 Å². The number of halogens is 1. The molecule has 23 heavy (non-hydrogen) atoms. The van der Waals surface area contributed by atoms with Gasteiger partial charge in [0.15, 0.2) is 0 Å². The Kier molecular flexibility index (Phi) is 6.76. The van der Waals surface area contributed by atoms with Crippen LogP contribution in [0.4, 0.5) is 4.39 Å². The van der Waals surface area contributed by atoms with Crippen molar-refractivity contribution in [3.05, 3.63) is 71.5 Å². The topological polar surface area (TPSA) is 32.3 Å². The maximum Gasteiger partial charge on any atom is 0.224 e. The Bertz CT molecular complexity index is 599. The zero-order valence-corrected chi connectivity index (χ0v) is 13.5. The molecule has 0 fully saturated rings. The summed E-state index contributed by atoms with van der Waals surface area (Å²) in [5, 5.41) is 3.22. The molecule has 0 aliphatic carbocycles. The van der Waals surface area contributed by atoms with Gasteiger partial charge in [0.05, 0.1) is 0 Å². The Morgan fingerprint density at radius 2 is 1.74 bits per heavy atom. The lowest BCUT2D eigenvalue weighted by atomic mass is 10.2. The van der Waals surface area contributed by atoms with E-state index in [-0.39, 0.29) is 11.7 Å². The highest BCUT2D eigenvalue weighted by Crippen LogP contribution is 2.06. The number of carbonyl (C=O) groups excluding carboxylic acids is 1. The standard InChI is InChI=1S/C19H23FN2O/c1-2-22(15-17-6-4-3-5-7-17)19(23)12-13-21-14-16-8-10-18(20)11-9-16/h3-11,21H,2,12-15H2,1H3. The van der Waals surface area contributed by atoms with Crippen molar-refractivity contribution in [3.8, 4) is 0 Å². The quantitative estimate of drug-likeness (QED) is 0.758. The molecule has 0 aliphatic rings. The SMILES string of the molecule is CCN(Cc1ccccc1)C(=O)CCNCc1ccc(F)cc1. The summed E-state index contributed by atoms with van der Waals surface area (Å²) in [6, 6.07) is 16.4. The van der Waals surface area contributed by atoms with E-state index in [1.807, 2.05) is 42.2 Å². The van der Waals surface area contributed by atoms with Crippen molar-refractivity contribution >= 4 is 5.91 Å². The molecule has 2 rings (SSSR count). The van der Waals surface area contributed by atoms with E-state index >= 15 is 0 Å². The molecule has 0 heterocycles. The van der Waals surface area contributed by atoms with E-state index in [9.17, 15) is 9.18 Å². The van der Waals surface area contributed by atoms with E-state index in [4.69, 9.17) is 0 Å². The summed E-state index contributed by atoms with van der Waals surface area (Å²) in [7, 11) is 0. The molecule has 4 heteroatoms. The Hall–Kier alpha value is -2.20. The fourth-order valence-corrected chi connectivity index (χ4v) is 2.37. The highest BCUT2D eigenvalue weighted by atomic mass is 19.1. The van der Waals surface area contributed by atoms with E-state index in [1.165, 1.54) is 12.1 Å². The first kappa shape index (κ1) is 17.2. The van der Waals surface area contributed by atoms with E-state index in [1.54, 1.807) is 12.1 Å². The lowest BCUT2D eigenvalue weighted by Gasteiger charge is -2.21. The van der Waals surface area contributed by atoms with Gasteiger partial charge in [0, 0.05) is 32.6 Å². The summed E-state index contributed by atoms with van der Waals surface area (Å²) in [5.41, 5.74) is 2.15. The van der Waals surface area contributed by atoms with E-state index in [2.05, 4.69) is 5.32 Å². The minimum atomic E-state index is -0.233. The van der Waals surface area contributed by atoms with Crippen LogP contribution in [0.25, 0.3) is 0 Å². The van der Waals surface area contributed by atoms with Crippen LogP contribution in [0.5, 0.6) is 0 Å². The normalized spacial score (nSPS) is 10.5. The van der Waals surface area contributed by atoms with Crippen molar-refractivity contribution in [1.82, 2.24) is 10.2 Å². The van der Waals surface area contributed by atoms with Gasteiger partial charge in [-0.25, -0.2) is 4.39 Å². The second-order valence-electron chi connectivity index (χ2n) is 5.45. The molecule has 3 nitrogen and oxygen atoms in total. The number of amides is 1. The zero-order chi connectivity index (χ0) is 16.5. The fraction of sp³-hybridized carbons (Fsp3) is 0.316. The van der Waals surface area contributed by atoms with Crippen LogP contribution in [0.3, 0.4) is 0 Å². The summed E-state index contributed by atoms with van der Waals surface area (Å²) in [6.45, 7) is 4.59. The predicted molar refractivity (Wildman–Crippen MR) is 90.3 cm³/mol. The van der Waals surface area contributed by atoms with Crippen LogP contribution in [0.15, 0.2) is 54.6 Å². The maximum absolute atomic E-state index is 12.8. The fourth-order valence-electron chi connectivity index (χ4n) is 2.37. The molecule has 0 saturated carbocycles. The Morgan fingerprint density at radius 1 is 1.04 bits per heavy atom. The van der Waals surface area contributed by atoms with Crippen molar-refractivity contribution in [2.24, 2.45) is 0 Å². The van der Waals surface area contributed by atoms with Crippen LogP contribution in [0.2, 0.25) is 0 Å². The molecule has 2 aromatic rings. The Labute approximate surface area is 137 Å². The number of rotatable bonds is 8. The molecule has 1 amide bonds. The minimum Gasteiger partial charge on any atom is -0.339 e. The number of nitrogens with zero attached hydrogens (tertiary/aromatic N) is 1. The average Bonchev–Trinajstić information content (AvgIpc) is 2.59. The van der Waals surface area contributed by atoms with Crippen molar-refractivity contribution in [3.63, 3.8) is 0 Å². The molecule has 0 spiro atoms. The minimum absolute atomic E-state index is 0.142. The number of hydrogen-bond acceptors (Lipinski definition) is 2. The van der Waals surface area contributed by atoms with Crippen LogP contribution < -0.4 is 5.32 Å². The van der Waals surface area contributed by atoms with Crippen LogP contribution >= 0.6 is 0 Å². The highest BCUT2D eigenvalue weighted by molar-refractivity contribution is 5.76. The van der Waals surface area contributed by atoms with Crippen molar-refractivity contribution in [2.75, 3.05) is 13.1 Å². The van der Waals surface area contributed by atoms with Gasteiger partial charge in [0.2, 0.25) is 5.91 Å². The summed E-state index contributed by atoms with van der Waals surface area (Å²) in [5.74, 6) is -0.0913. The average molecular weight is 314 g/mol. The first-order valence-corrected chi connectivity index (χ1v) is 7.96. The molecule has 0 radical (unpaired) electrons. The van der Waals surface area contributed by atoms with Crippen molar-refractivity contribution in [1.29, 1.82) is 0 Å². The third kappa shape index (κ3) is 5.83. The molecule has 0 atom stereocenters. The maximum atomic E-state index is 12.8. The van der Waals surface area contributed by atoms with Crippen LogP contribution in [-0.2, 0) is 17.9 Å². The molecule has 0 saturated heterocycles. The van der Waals surface area contributed by atoms with Gasteiger partial charge >= 0.3 is 0 Å². The summed E-state index contributed by atoms with van der Waals surface area (Å²) < 4.78 is 12.8. The summed E-state index contributed by atoms with van der Waals surface area (Å²) >= 11 is 0. The molecule has 0 unspecified atom stereocenters. The number of carbonyl (C=O) groups is 1. The molecular formula is C19H23FN2O. The van der Waals surface area contributed by atoms with E-state index in [0.29, 0.717) is 32.6 Å². The lowest BCUT2D eigenvalue weighted by Crippen LogP contribution is -2.32. The first-order chi connectivity index (χ1) is 11.2. The van der Waals surface area contributed by atoms with Crippen LogP contribution in [-0.4, -0.2) is 23.9 Å². The van der Waals surface area contributed by atoms with Crippen molar-refractivity contribution < 1.29 is 9.18 Å².